The molecule has 2 aromatic rings. The molecule has 0 radical (unpaired) electrons. The SMILES string of the molecule is CCC[CH2][Sn]([CH2]CCC)([CH2]CCC)[n]1nnnc1-c1ccccn1. The zero-order chi connectivity index (χ0) is 17.3. The summed E-state index contributed by atoms with van der Waals surface area (Å²) in [5, 5.41) is 13.0. The molecule has 2 rings (SSSR count). The van der Waals surface area contributed by atoms with E-state index in [9.17, 15) is 0 Å². The summed E-state index contributed by atoms with van der Waals surface area (Å²) >= 11 is -2.68. The van der Waals surface area contributed by atoms with E-state index in [-0.39, 0.29) is 0 Å². The molecule has 0 amide bonds. The molecule has 0 aromatic carbocycles. The van der Waals surface area contributed by atoms with Gasteiger partial charge in [0.2, 0.25) is 0 Å². The number of pyridine rings is 1. The van der Waals surface area contributed by atoms with Crippen LogP contribution in [0.3, 0.4) is 0 Å². The second kappa shape index (κ2) is 10.1. The third kappa shape index (κ3) is 4.77. The molecule has 0 spiro atoms. The van der Waals surface area contributed by atoms with Gasteiger partial charge in [0.15, 0.2) is 0 Å². The van der Waals surface area contributed by atoms with Crippen molar-refractivity contribution in [2.75, 3.05) is 0 Å². The van der Waals surface area contributed by atoms with E-state index in [4.69, 9.17) is 0 Å². The van der Waals surface area contributed by atoms with Gasteiger partial charge in [-0.25, -0.2) is 0 Å². The van der Waals surface area contributed by atoms with Gasteiger partial charge in [0.1, 0.15) is 0 Å². The Kier molecular flexibility index (Phi) is 8.15. The summed E-state index contributed by atoms with van der Waals surface area (Å²) in [4.78, 5) is 4.51. The van der Waals surface area contributed by atoms with E-state index >= 15 is 0 Å². The Morgan fingerprint density at radius 3 is 2.04 bits per heavy atom. The van der Waals surface area contributed by atoms with Gasteiger partial charge in [-0.1, -0.05) is 0 Å². The number of nitrogens with zero attached hydrogens (tertiary/aromatic N) is 5. The topological polar surface area (TPSA) is 56.5 Å². The quantitative estimate of drug-likeness (QED) is 0.469. The van der Waals surface area contributed by atoms with Gasteiger partial charge in [0, 0.05) is 0 Å². The fourth-order valence-corrected chi connectivity index (χ4v) is 18.4. The van der Waals surface area contributed by atoms with Crippen molar-refractivity contribution in [1.82, 2.24) is 23.4 Å². The summed E-state index contributed by atoms with van der Waals surface area (Å²) in [5.74, 6) is 0.898. The minimum absolute atomic E-state index is 0.898. The first-order chi connectivity index (χ1) is 11.8. The first-order valence-electron chi connectivity index (χ1n) is 9.47. The molecule has 0 N–H and O–H groups in total. The molecule has 0 atom stereocenters. The Labute approximate surface area is 150 Å². The summed E-state index contributed by atoms with van der Waals surface area (Å²) in [6, 6.07) is 5.99. The second-order valence-corrected chi connectivity index (χ2v) is 19.1. The van der Waals surface area contributed by atoms with Crippen molar-refractivity contribution in [3.05, 3.63) is 24.4 Å². The molecule has 0 unspecified atom stereocenters. The van der Waals surface area contributed by atoms with Crippen LogP contribution in [-0.4, -0.2) is 42.1 Å². The van der Waals surface area contributed by atoms with E-state index < -0.39 is 18.7 Å². The molecule has 132 valence electrons. The average molecular weight is 436 g/mol. The molecule has 5 nitrogen and oxygen atoms in total. The van der Waals surface area contributed by atoms with E-state index in [0.717, 1.165) is 11.5 Å². The summed E-state index contributed by atoms with van der Waals surface area (Å²) in [7, 11) is 0. The zero-order valence-corrected chi connectivity index (χ0v) is 18.3. The van der Waals surface area contributed by atoms with E-state index in [2.05, 4.69) is 44.2 Å². The predicted octanol–water partition coefficient (Wildman–Crippen LogP) is 4.93. The van der Waals surface area contributed by atoms with Crippen LogP contribution in [0.25, 0.3) is 11.5 Å². The first kappa shape index (κ1) is 19.3. The van der Waals surface area contributed by atoms with Gasteiger partial charge < -0.3 is 0 Å². The molecular formula is C18H31N5Sn. The number of tetrazole rings is 1. The van der Waals surface area contributed by atoms with Gasteiger partial charge in [-0.2, -0.15) is 0 Å². The third-order valence-electron chi connectivity index (χ3n) is 4.80. The van der Waals surface area contributed by atoms with Gasteiger partial charge in [-0.3, -0.25) is 0 Å². The molecule has 24 heavy (non-hydrogen) atoms. The maximum atomic E-state index is 4.53. The Morgan fingerprint density at radius 2 is 1.54 bits per heavy atom. The molecule has 6 heteroatoms. The molecule has 0 aliphatic carbocycles. The molecule has 0 aliphatic heterocycles. The van der Waals surface area contributed by atoms with Gasteiger partial charge in [-0.05, 0) is 0 Å². The number of hydrogen-bond donors (Lipinski definition) is 0. The fourth-order valence-electron chi connectivity index (χ4n) is 3.37. The molecular weight excluding hydrogens is 405 g/mol. The molecule has 0 fully saturated rings. The molecule has 0 bridgehead atoms. The van der Waals surface area contributed by atoms with E-state index in [1.807, 2.05) is 24.4 Å². The van der Waals surface area contributed by atoms with Crippen molar-refractivity contribution >= 4 is 18.7 Å². The summed E-state index contributed by atoms with van der Waals surface area (Å²) in [5.41, 5.74) is 0.910. The van der Waals surface area contributed by atoms with Crippen LogP contribution >= 0.6 is 0 Å². The van der Waals surface area contributed by atoms with E-state index in [0.29, 0.717) is 0 Å². The van der Waals surface area contributed by atoms with Gasteiger partial charge in [-0.15, -0.1) is 0 Å². The normalized spacial score (nSPS) is 11.8. The van der Waals surface area contributed by atoms with Crippen molar-refractivity contribution in [2.45, 2.75) is 72.6 Å². The first-order valence-corrected chi connectivity index (χ1v) is 16.8. The molecule has 0 saturated carbocycles. The standard InChI is InChI=1S/C6H4N5.3C4H9.Sn/c1-2-4-7-5(3-1)6-8-10-11-9-6;3*1-3-4-2;/h1-4H;3*1,3-4H2,2H3;/q-1;;;;+1. The van der Waals surface area contributed by atoms with Gasteiger partial charge in [0.25, 0.3) is 0 Å². The molecule has 2 heterocycles. The van der Waals surface area contributed by atoms with Crippen LogP contribution in [0.15, 0.2) is 24.4 Å². The minimum atomic E-state index is -2.68. The summed E-state index contributed by atoms with van der Waals surface area (Å²) in [6.07, 6.45) is 9.46. The van der Waals surface area contributed by atoms with Crippen LogP contribution < -0.4 is 0 Å². The van der Waals surface area contributed by atoms with Crippen LogP contribution in [0.1, 0.15) is 59.3 Å². The predicted molar refractivity (Wildman–Crippen MR) is 101 cm³/mol. The number of hydrogen-bond acceptors (Lipinski definition) is 4. The van der Waals surface area contributed by atoms with Crippen molar-refractivity contribution < 1.29 is 0 Å². The number of rotatable bonds is 11. The van der Waals surface area contributed by atoms with Crippen molar-refractivity contribution in [1.29, 1.82) is 0 Å². The van der Waals surface area contributed by atoms with Gasteiger partial charge >= 0.3 is 151 Å². The maximum absolute atomic E-state index is 4.53. The fraction of sp³-hybridized carbons (Fsp3) is 0.667. The van der Waals surface area contributed by atoms with Crippen molar-refractivity contribution in [3.63, 3.8) is 0 Å². The van der Waals surface area contributed by atoms with Crippen LogP contribution in [0.4, 0.5) is 0 Å². The second-order valence-electron chi connectivity index (χ2n) is 6.66. The van der Waals surface area contributed by atoms with Crippen LogP contribution in [0.5, 0.6) is 0 Å². The Bertz CT molecular complexity index is 562. The average Bonchev–Trinajstić information content (AvgIpc) is 3.12. The molecule has 0 aliphatic rings. The van der Waals surface area contributed by atoms with Crippen LogP contribution in [-0.2, 0) is 0 Å². The number of aromatic nitrogens is 5. The van der Waals surface area contributed by atoms with Crippen molar-refractivity contribution in [2.24, 2.45) is 0 Å². The molecule has 0 saturated heterocycles. The van der Waals surface area contributed by atoms with E-state index in [1.165, 1.54) is 51.8 Å². The summed E-state index contributed by atoms with van der Waals surface area (Å²) in [6.45, 7) is 6.86. The summed E-state index contributed by atoms with van der Waals surface area (Å²) < 4.78 is 6.33. The van der Waals surface area contributed by atoms with Gasteiger partial charge in [0.05, 0.1) is 0 Å². The van der Waals surface area contributed by atoms with E-state index in [1.54, 1.807) is 0 Å². The third-order valence-corrected chi connectivity index (χ3v) is 19.2. The molecule has 2 aromatic heterocycles. The Balaban J connectivity index is 2.43. The van der Waals surface area contributed by atoms with Crippen LogP contribution in [0, 0.1) is 0 Å². The number of unbranched alkanes of at least 4 members (excludes halogenated alkanes) is 3. The zero-order valence-electron chi connectivity index (χ0n) is 15.4. The Morgan fingerprint density at radius 1 is 0.917 bits per heavy atom. The monoisotopic (exact) mass is 437 g/mol. The Hall–Kier alpha value is -0.981. The van der Waals surface area contributed by atoms with Crippen LogP contribution in [0.2, 0.25) is 13.3 Å². The van der Waals surface area contributed by atoms with Crippen molar-refractivity contribution in [3.8, 4) is 11.5 Å².